The summed E-state index contributed by atoms with van der Waals surface area (Å²) < 4.78 is 1.03. The first-order valence-electron chi connectivity index (χ1n) is 8.38. The summed E-state index contributed by atoms with van der Waals surface area (Å²) in [5.74, 6) is 0.953. The molecule has 1 N–H and O–H groups in total. The number of carbonyl (C=O) groups excluding carboxylic acids is 1. The molecule has 0 aliphatic heterocycles. The lowest BCUT2D eigenvalue weighted by Crippen LogP contribution is -2.41. The molecule has 0 bridgehead atoms. The van der Waals surface area contributed by atoms with Gasteiger partial charge in [-0.2, -0.15) is 0 Å². The van der Waals surface area contributed by atoms with Crippen molar-refractivity contribution in [3.63, 3.8) is 0 Å². The van der Waals surface area contributed by atoms with Crippen LogP contribution >= 0.6 is 39.9 Å². The summed E-state index contributed by atoms with van der Waals surface area (Å²) in [7, 11) is 5.63. The molecule has 0 unspecified atom stereocenters. The van der Waals surface area contributed by atoms with Crippen LogP contribution in [0.4, 0.5) is 0 Å². The van der Waals surface area contributed by atoms with E-state index in [1.54, 1.807) is 11.9 Å². The summed E-state index contributed by atoms with van der Waals surface area (Å²) >= 11 is 3.52. The van der Waals surface area contributed by atoms with Crippen LogP contribution in [0.25, 0.3) is 0 Å². The van der Waals surface area contributed by atoms with E-state index in [-0.39, 0.29) is 29.9 Å². The van der Waals surface area contributed by atoms with Gasteiger partial charge in [-0.05, 0) is 18.1 Å². The SMILES string of the molecule is CCCCN(C)C(=NC)NCCC(=O)N(C)Cc1ccccc1Br.I. The number of unbranched alkanes of at least 4 members (excludes halogenated alkanes) is 1. The summed E-state index contributed by atoms with van der Waals surface area (Å²) in [4.78, 5) is 20.4. The van der Waals surface area contributed by atoms with Crippen molar-refractivity contribution in [2.75, 3.05) is 34.2 Å². The Morgan fingerprint density at radius 3 is 2.52 bits per heavy atom. The van der Waals surface area contributed by atoms with Gasteiger partial charge in [0.15, 0.2) is 5.96 Å². The summed E-state index contributed by atoms with van der Waals surface area (Å²) in [5, 5.41) is 3.26. The maximum atomic E-state index is 12.3. The zero-order valence-electron chi connectivity index (χ0n) is 15.6. The minimum absolute atomic E-state index is 0. The van der Waals surface area contributed by atoms with Crippen LogP contribution in [0.2, 0.25) is 0 Å². The van der Waals surface area contributed by atoms with Crippen LogP contribution in [0, 0.1) is 0 Å². The molecule has 0 aliphatic carbocycles. The standard InChI is InChI=1S/C18H29BrN4O.HI/c1-5-6-13-22(3)18(20-2)21-12-11-17(24)23(4)14-15-9-7-8-10-16(15)19;/h7-10H,5-6,11-14H2,1-4H3,(H,20,21);1H. The molecule has 7 heteroatoms. The Balaban J connectivity index is 0.00000576. The molecule has 1 amide bonds. The fraction of sp³-hybridized carbons (Fsp3) is 0.556. The highest BCUT2D eigenvalue weighted by molar-refractivity contribution is 14.0. The minimum Gasteiger partial charge on any atom is -0.356 e. The van der Waals surface area contributed by atoms with Crippen molar-refractivity contribution >= 4 is 51.8 Å². The van der Waals surface area contributed by atoms with Gasteiger partial charge in [0.25, 0.3) is 0 Å². The number of carbonyl (C=O) groups is 1. The monoisotopic (exact) mass is 524 g/mol. The van der Waals surface area contributed by atoms with Gasteiger partial charge in [-0.3, -0.25) is 9.79 Å². The van der Waals surface area contributed by atoms with Crippen LogP contribution < -0.4 is 5.32 Å². The van der Waals surface area contributed by atoms with Gasteiger partial charge < -0.3 is 15.1 Å². The number of nitrogens with one attached hydrogen (secondary N) is 1. The van der Waals surface area contributed by atoms with Gasteiger partial charge >= 0.3 is 0 Å². The highest BCUT2D eigenvalue weighted by Crippen LogP contribution is 2.17. The third-order valence-corrected chi connectivity index (χ3v) is 4.61. The first kappa shape index (κ1) is 24.2. The summed E-state index contributed by atoms with van der Waals surface area (Å²) in [6, 6.07) is 7.97. The topological polar surface area (TPSA) is 47.9 Å². The molecule has 0 atom stereocenters. The van der Waals surface area contributed by atoms with Crippen molar-refractivity contribution in [2.24, 2.45) is 4.99 Å². The molecule has 25 heavy (non-hydrogen) atoms. The van der Waals surface area contributed by atoms with Gasteiger partial charge in [-0.25, -0.2) is 0 Å². The number of aliphatic imine (C=N–C) groups is 1. The number of amides is 1. The van der Waals surface area contributed by atoms with Crippen molar-refractivity contribution in [3.05, 3.63) is 34.3 Å². The molecule has 0 saturated heterocycles. The first-order chi connectivity index (χ1) is 11.5. The highest BCUT2D eigenvalue weighted by Gasteiger charge is 2.11. The molecule has 0 spiro atoms. The molecule has 0 aromatic heterocycles. The van der Waals surface area contributed by atoms with E-state index in [9.17, 15) is 4.79 Å². The predicted molar refractivity (Wildman–Crippen MR) is 120 cm³/mol. The van der Waals surface area contributed by atoms with Gasteiger partial charge in [-0.1, -0.05) is 47.5 Å². The molecule has 1 rings (SSSR count). The average molecular weight is 525 g/mol. The third kappa shape index (κ3) is 8.89. The lowest BCUT2D eigenvalue weighted by atomic mass is 10.2. The zero-order chi connectivity index (χ0) is 17.9. The molecular formula is C18H30BrIN4O. The summed E-state index contributed by atoms with van der Waals surface area (Å²) in [6.07, 6.45) is 2.73. The maximum Gasteiger partial charge on any atom is 0.224 e. The van der Waals surface area contributed by atoms with E-state index < -0.39 is 0 Å². The van der Waals surface area contributed by atoms with E-state index in [1.165, 1.54) is 0 Å². The van der Waals surface area contributed by atoms with Crippen LogP contribution in [-0.4, -0.2) is 55.9 Å². The Bertz CT molecular complexity index is 554. The zero-order valence-corrected chi connectivity index (χ0v) is 19.5. The first-order valence-corrected chi connectivity index (χ1v) is 9.18. The Kier molecular flexibility index (Phi) is 12.9. The number of guanidine groups is 1. The number of hydrogen-bond acceptors (Lipinski definition) is 2. The number of hydrogen-bond donors (Lipinski definition) is 1. The molecule has 0 radical (unpaired) electrons. The Labute approximate surface area is 177 Å². The molecule has 1 aromatic rings. The molecule has 0 aliphatic rings. The minimum atomic E-state index is 0. The molecule has 0 fully saturated rings. The summed E-state index contributed by atoms with van der Waals surface area (Å²) in [5.41, 5.74) is 1.11. The van der Waals surface area contributed by atoms with E-state index in [4.69, 9.17) is 0 Å². The van der Waals surface area contributed by atoms with Gasteiger partial charge in [-0.15, -0.1) is 24.0 Å². The van der Waals surface area contributed by atoms with Gasteiger partial charge in [0.1, 0.15) is 0 Å². The quantitative estimate of drug-likeness (QED) is 0.320. The van der Waals surface area contributed by atoms with E-state index in [1.807, 2.05) is 38.4 Å². The fourth-order valence-electron chi connectivity index (χ4n) is 2.33. The molecule has 0 heterocycles. The second-order valence-electron chi connectivity index (χ2n) is 5.84. The lowest BCUT2D eigenvalue weighted by molar-refractivity contribution is -0.130. The number of benzene rings is 1. The van der Waals surface area contributed by atoms with E-state index in [2.05, 4.69) is 38.1 Å². The van der Waals surface area contributed by atoms with Crippen molar-refractivity contribution in [1.82, 2.24) is 15.1 Å². The molecule has 142 valence electrons. The van der Waals surface area contributed by atoms with Crippen LogP contribution in [0.1, 0.15) is 31.7 Å². The second-order valence-corrected chi connectivity index (χ2v) is 6.69. The van der Waals surface area contributed by atoms with Gasteiger partial charge in [0, 0.05) is 51.7 Å². The van der Waals surface area contributed by atoms with E-state index in [0.717, 1.165) is 35.4 Å². The molecule has 1 aromatic carbocycles. The maximum absolute atomic E-state index is 12.3. The predicted octanol–water partition coefficient (Wildman–Crippen LogP) is 3.72. The smallest absolute Gasteiger partial charge is 0.224 e. The highest BCUT2D eigenvalue weighted by atomic mass is 127. The Morgan fingerprint density at radius 1 is 1.24 bits per heavy atom. The van der Waals surface area contributed by atoms with Crippen LogP contribution in [0.15, 0.2) is 33.7 Å². The van der Waals surface area contributed by atoms with Crippen LogP contribution in [0.5, 0.6) is 0 Å². The van der Waals surface area contributed by atoms with E-state index >= 15 is 0 Å². The van der Waals surface area contributed by atoms with E-state index in [0.29, 0.717) is 19.5 Å². The lowest BCUT2D eigenvalue weighted by Gasteiger charge is -2.22. The second kappa shape index (κ2) is 13.4. The number of halogens is 2. The molecular weight excluding hydrogens is 495 g/mol. The van der Waals surface area contributed by atoms with Crippen molar-refractivity contribution in [2.45, 2.75) is 32.7 Å². The number of rotatable bonds is 8. The summed E-state index contributed by atoms with van der Waals surface area (Å²) in [6.45, 7) is 4.32. The molecule has 0 saturated carbocycles. The molecule has 5 nitrogen and oxygen atoms in total. The fourth-order valence-corrected chi connectivity index (χ4v) is 2.74. The van der Waals surface area contributed by atoms with Crippen molar-refractivity contribution in [3.8, 4) is 0 Å². The third-order valence-electron chi connectivity index (χ3n) is 3.83. The van der Waals surface area contributed by atoms with Crippen molar-refractivity contribution < 1.29 is 4.79 Å². The largest absolute Gasteiger partial charge is 0.356 e. The van der Waals surface area contributed by atoms with Gasteiger partial charge in [0.2, 0.25) is 5.91 Å². The Morgan fingerprint density at radius 2 is 1.92 bits per heavy atom. The normalized spacial score (nSPS) is 10.8. The van der Waals surface area contributed by atoms with Crippen LogP contribution in [0.3, 0.4) is 0 Å². The number of nitrogens with zero attached hydrogens (tertiary/aromatic N) is 3. The van der Waals surface area contributed by atoms with Crippen LogP contribution in [-0.2, 0) is 11.3 Å². The van der Waals surface area contributed by atoms with Crippen molar-refractivity contribution in [1.29, 1.82) is 0 Å². The van der Waals surface area contributed by atoms with Gasteiger partial charge in [0.05, 0.1) is 0 Å². The Hall–Kier alpha value is -0.830. The average Bonchev–Trinajstić information content (AvgIpc) is 2.58.